The van der Waals surface area contributed by atoms with Crippen LogP contribution in [0.3, 0.4) is 0 Å². The van der Waals surface area contributed by atoms with Gasteiger partial charge in [-0.2, -0.15) is 4.72 Å². The topological polar surface area (TPSA) is 84.5 Å². The molecule has 3 aromatic rings. The second kappa shape index (κ2) is 9.97. The largest absolute Gasteiger partial charge is 0.495 e. The van der Waals surface area contributed by atoms with E-state index in [0.717, 1.165) is 11.1 Å². The molecule has 1 atom stereocenters. The number of ether oxygens (including phenoxy) is 1. The molecule has 1 amide bonds. The predicted molar refractivity (Wildman–Crippen MR) is 127 cm³/mol. The maximum atomic E-state index is 13.3. The molecule has 0 unspecified atom stereocenters. The summed E-state index contributed by atoms with van der Waals surface area (Å²) < 4.78 is 34.6. The number of sulfonamides is 1. The molecule has 0 aliphatic carbocycles. The zero-order chi connectivity index (χ0) is 23.3. The third-order valence-corrected chi connectivity index (χ3v) is 6.91. The molecule has 0 fully saturated rings. The normalized spacial score (nSPS) is 12.2. The first-order chi connectivity index (χ1) is 15.2. The first-order valence-corrected chi connectivity index (χ1v) is 11.8. The van der Waals surface area contributed by atoms with Crippen molar-refractivity contribution in [1.82, 2.24) is 4.72 Å². The molecular formula is C25H28N2O4S. The molecule has 0 aromatic heterocycles. The van der Waals surface area contributed by atoms with Crippen LogP contribution in [0.4, 0.5) is 5.69 Å². The van der Waals surface area contributed by atoms with E-state index in [1.807, 2.05) is 49.4 Å². The van der Waals surface area contributed by atoms with E-state index in [2.05, 4.69) is 10.0 Å². The average molecular weight is 453 g/mol. The van der Waals surface area contributed by atoms with Crippen molar-refractivity contribution in [3.8, 4) is 5.75 Å². The monoisotopic (exact) mass is 452 g/mol. The van der Waals surface area contributed by atoms with Crippen LogP contribution in [0.2, 0.25) is 0 Å². The number of hydrogen-bond donors (Lipinski definition) is 2. The van der Waals surface area contributed by atoms with Gasteiger partial charge in [-0.15, -0.1) is 0 Å². The summed E-state index contributed by atoms with van der Waals surface area (Å²) in [4.78, 5) is 13.4. The number of rotatable bonds is 8. The van der Waals surface area contributed by atoms with Crippen LogP contribution >= 0.6 is 0 Å². The van der Waals surface area contributed by atoms with Gasteiger partial charge in [0.2, 0.25) is 15.9 Å². The smallest absolute Gasteiger partial charge is 0.243 e. The molecule has 3 rings (SSSR count). The number of benzene rings is 3. The van der Waals surface area contributed by atoms with Gasteiger partial charge < -0.3 is 10.1 Å². The summed E-state index contributed by atoms with van der Waals surface area (Å²) in [5.41, 5.74) is 3.57. The Morgan fingerprint density at radius 1 is 0.938 bits per heavy atom. The minimum Gasteiger partial charge on any atom is -0.495 e. The molecule has 3 aromatic carbocycles. The molecule has 0 aliphatic heterocycles. The molecule has 32 heavy (non-hydrogen) atoms. The number of hydrogen-bond acceptors (Lipinski definition) is 4. The Morgan fingerprint density at radius 2 is 1.53 bits per heavy atom. The number of carbonyl (C=O) groups is 1. The summed E-state index contributed by atoms with van der Waals surface area (Å²) in [6.07, 6.45) is 0.199. The summed E-state index contributed by atoms with van der Waals surface area (Å²) in [5, 5.41) is 2.80. The second-order valence-electron chi connectivity index (χ2n) is 7.78. The molecule has 0 aliphatic rings. The van der Waals surface area contributed by atoms with Gasteiger partial charge in [0.15, 0.2) is 0 Å². The number of aryl methyl sites for hydroxylation is 3. The van der Waals surface area contributed by atoms with Gasteiger partial charge in [-0.3, -0.25) is 4.79 Å². The van der Waals surface area contributed by atoms with Crippen molar-refractivity contribution in [2.75, 3.05) is 12.4 Å². The Hall–Kier alpha value is -3.16. The highest BCUT2D eigenvalue weighted by Crippen LogP contribution is 2.25. The quantitative estimate of drug-likeness (QED) is 0.538. The lowest BCUT2D eigenvalue weighted by molar-refractivity contribution is -0.117. The zero-order valence-electron chi connectivity index (χ0n) is 18.7. The number of para-hydroxylation sites is 2. The van der Waals surface area contributed by atoms with E-state index >= 15 is 0 Å². The first kappa shape index (κ1) is 23.5. The van der Waals surface area contributed by atoms with E-state index in [1.165, 1.54) is 7.11 Å². The van der Waals surface area contributed by atoms with Crippen molar-refractivity contribution < 1.29 is 17.9 Å². The average Bonchev–Trinajstić information content (AvgIpc) is 2.73. The van der Waals surface area contributed by atoms with Crippen molar-refractivity contribution in [2.24, 2.45) is 0 Å². The van der Waals surface area contributed by atoms with Crippen LogP contribution < -0.4 is 14.8 Å². The lowest BCUT2D eigenvalue weighted by Crippen LogP contribution is -2.45. The van der Waals surface area contributed by atoms with Crippen LogP contribution in [0, 0.1) is 20.8 Å². The molecule has 7 heteroatoms. The molecule has 0 spiro atoms. The number of anilines is 1. The van der Waals surface area contributed by atoms with Crippen molar-refractivity contribution in [1.29, 1.82) is 0 Å². The predicted octanol–water partition coefficient (Wildman–Crippen LogP) is 4.15. The molecular weight excluding hydrogens is 424 g/mol. The summed E-state index contributed by atoms with van der Waals surface area (Å²) in [6, 6.07) is 18.9. The van der Waals surface area contributed by atoms with E-state index in [9.17, 15) is 13.2 Å². The van der Waals surface area contributed by atoms with E-state index in [-0.39, 0.29) is 11.3 Å². The van der Waals surface area contributed by atoms with Crippen molar-refractivity contribution in [3.63, 3.8) is 0 Å². The Labute approximate surface area is 189 Å². The fourth-order valence-corrected chi connectivity index (χ4v) is 5.49. The van der Waals surface area contributed by atoms with Crippen molar-refractivity contribution in [3.05, 3.63) is 89.0 Å². The number of carbonyl (C=O) groups excluding carboxylic acids is 1. The lowest BCUT2D eigenvalue weighted by atomic mass is 10.1. The Bertz CT molecular complexity index is 1180. The summed E-state index contributed by atoms with van der Waals surface area (Å²) in [6.45, 7) is 5.44. The highest BCUT2D eigenvalue weighted by Gasteiger charge is 2.29. The van der Waals surface area contributed by atoms with Gasteiger partial charge in [0.1, 0.15) is 11.8 Å². The fraction of sp³-hybridized carbons (Fsp3) is 0.240. The van der Waals surface area contributed by atoms with E-state index in [4.69, 9.17) is 4.74 Å². The molecule has 168 valence electrons. The number of amides is 1. The summed E-state index contributed by atoms with van der Waals surface area (Å²) in [5.74, 6) is 0.0248. The third-order valence-electron chi connectivity index (χ3n) is 5.13. The second-order valence-corrected chi connectivity index (χ2v) is 9.43. The van der Waals surface area contributed by atoms with Gasteiger partial charge in [-0.1, -0.05) is 60.2 Å². The third kappa shape index (κ3) is 5.55. The highest BCUT2D eigenvalue weighted by molar-refractivity contribution is 7.89. The van der Waals surface area contributed by atoms with Crippen LogP contribution in [0.1, 0.15) is 22.3 Å². The van der Waals surface area contributed by atoms with Gasteiger partial charge in [0, 0.05) is 0 Å². The first-order valence-electron chi connectivity index (χ1n) is 10.3. The standard InChI is InChI=1S/C25H28N2O4S/c1-17-14-18(2)24(19(3)15-17)32(29,30)27-22(16-20-10-6-5-7-11-20)25(28)26-21-12-8-9-13-23(21)31-4/h5-15,22,27H,16H2,1-4H3,(H,26,28)/t22-/m1/s1. The zero-order valence-corrected chi connectivity index (χ0v) is 19.5. The maximum absolute atomic E-state index is 13.3. The lowest BCUT2D eigenvalue weighted by Gasteiger charge is -2.21. The Kier molecular flexibility index (Phi) is 7.33. The van der Waals surface area contributed by atoms with Crippen LogP contribution in [-0.4, -0.2) is 27.5 Å². The van der Waals surface area contributed by atoms with Crippen molar-refractivity contribution >= 4 is 21.6 Å². The summed E-state index contributed by atoms with van der Waals surface area (Å²) >= 11 is 0. The number of nitrogens with one attached hydrogen (secondary N) is 2. The van der Waals surface area contributed by atoms with Crippen LogP contribution in [0.25, 0.3) is 0 Å². The number of methoxy groups -OCH3 is 1. The van der Waals surface area contributed by atoms with Gasteiger partial charge in [-0.25, -0.2) is 8.42 Å². The van der Waals surface area contributed by atoms with Gasteiger partial charge in [0.25, 0.3) is 0 Å². The molecule has 6 nitrogen and oxygen atoms in total. The van der Waals surface area contributed by atoms with E-state index in [0.29, 0.717) is 22.6 Å². The minimum absolute atomic E-state index is 0.199. The Morgan fingerprint density at radius 3 is 2.16 bits per heavy atom. The minimum atomic E-state index is -3.95. The highest BCUT2D eigenvalue weighted by atomic mass is 32.2. The SMILES string of the molecule is COc1ccccc1NC(=O)[C@@H](Cc1ccccc1)NS(=O)(=O)c1c(C)cc(C)cc1C. The van der Waals surface area contributed by atoms with Gasteiger partial charge in [-0.05, 0) is 56.0 Å². The molecule has 0 radical (unpaired) electrons. The fourth-order valence-electron chi connectivity index (χ4n) is 3.84. The van der Waals surface area contributed by atoms with E-state index < -0.39 is 22.0 Å². The van der Waals surface area contributed by atoms with Crippen molar-refractivity contribution in [2.45, 2.75) is 38.1 Å². The van der Waals surface area contributed by atoms with E-state index in [1.54, 1.807) is 38.1 Å². The van der Waals surface area contributed by atoms with Crippen LogP contribution in [-0.2, 0) is 21.2 Å². The maximum Gasteiger partial charge on any atom is 0.243 e. The van der Waals surface area contributed by atoms with Crippen LogP contribution in [0.5, 0.6) is 5.75 Å². The molecule has 0 saturated heterocycles. The summed E-state index contributed by atoms with van der Waals surface area (Å²) in [7, 11) is -2.44. The van der Waals surface area contributed by atoms with Gasteiger partial charge >= 0.3 is 0 Å². The molecule has 0 saturated carbocycles. The van der Waals surface area contributed by atoms with Crippen LogP contribution in [0.15, 0.2) is 71.6 Å². The molecule has 2 N–H and O–H groups in total. The Balaban J connectivity index is 1.95. The molecule has 0 heterocycles. The molecule has 0 bridgehead atoms. The van der Waals surface area contributed by atoms with Gasteiger partial charge in [0.05, 0.1) is 17.7 Å².